The topological polar surface area (TPSA) is 228 Å². The normalized spacial score (nSPS) is 28.0. The second-order valence-electron chi connectivity index (χ2n) is 25.8. The molecule has 12 rings (SSSR count). The quantitative estimate of drug-likeness (QED) is 0.0486. The van der Waals surface area contributed by atoms with Crippen LogP contribution in [0.25, 0.3) is 11.0 Å². The molecule has 3 aromatic carbocycles. The van der Waals surface area contributed by atoms with Gasteiger partial charge in [-0.15, -0.1) is 0 Å². The first-order valence-corrected chi connectivity index (χ1v) is 31.5. The van der Waals surface area contributed by atoms with Gasteiger partial charge in [-0.1, -0.05) is 18.2 Å². The Morgan fingerprint density at radius 1 is 0.890 bits per heavy atom. The highest BCUT2D eigenvalue weighted by Gasteiger charge is 2.51. The lowest BCUT2D eigenvalue weighted by Gasteiger charge is -2.58. The number of benzene rings is 3. The molecule has 6 fully saturated rings. The highest BCUT2D eigenvalue weighted by atomic mass is 32.2. The Morgan fingerprint density at radius 3 is 2.35 bits per heavy atom. The zero-order valence-corrected chi connectivity index (χ0v) is 48.7. The third kappa shape index (κ3) is 11.8. The molecule has 20 heteroatoms. The molecular formula is C62H81N9O10S. The molecular weight excluding hydrogens is 1060 g/mol. The molecule has 4 aliphatic heterocycles. The highest BCUT2D eigenvalue weighted by Crippen LogP contribution is 2.54. The van der Waals surface area contributed by atoms with Crippen molar-refractivity contribution >= 4 is 55.4 Å². The summed E-state index contributed by atoms with van der Waals surface area (Å²) in [5.74, 6) is 1.22. The van der Waals surface area contributed by atoms with Crippen LogP contribution in [0.2, 0.25) is 0 Å². The fourth-order valence-electron chi connectivity index (χ4n) is 14.6. The molecule has 0 bridgehead atoms. The standard InChI is InChI=1S/C62H81N9O10S/c1-40(2)80-55-8-6-5-7-47(55)54-38-67(37-42-15-21-61(4,74)22-16-42)28-29-69(54)45-34-62(35-45)23-26-68(27-24-62)44-9-11-48(51(32-44)70-50-18-30-79-39-56(50)81-59-53(70)31-43-17-25-63-57(43)65-59)58(72)66-82(77,78)46-10-12-49(52(33-46)71(75)76)64-36-41-13-19-60(3,73)20-14-41/h5-12,17,25,31-33,40-42,45,50,54,56,64,73-74H,13-16,18-24,26-30,34-39H2,1-4H3,(H,63,65)(H,66,72)/t41-,42?,50-,54+,56-,60-,61?/m0/s1. The highest BCUT2D eigenvalue weighted by molar-refractivity contribution is 7.90. The monoisotopic (exact) mass is 1140 g/mol. The van der Waals surface area contributed by atoms with Gasteiger partial charge in [-0.05, 0) is 177 Å². The number of amides is 1. The van der Waals surface area contributed by atoms with Gasteiger partial charge in [0, 0.05) is 87.4 Å². The van der Waals surface area contributed by atoms with Gasteiger partial charge in [0.15, 0.2) is 0 Å². The summed E-state index contributed by atoms with van der Waals surface area (Å²) >= 11 is 0. The van der Waals surface area contributed by atoms with Crippen LogP contribution in [0.5, 0.6) is 11.6 Å². The maximum atomic E-state index is 14.8. The number of aromatic amines is 1. The Kier molecular flexibility index (Phi) is 15.5. The van der Waals surface area contributed by atoms with Crippen molar-refractivity contribution in [2.75, 3.05) is 74.1 Å². The molecule has 3 aliphatic carbocycles. The SMILES string of the molecule is CC(C)Oc1ccccc1[C@H]1CN(CC2CCC(C)(O)CC2)CCN1C1CC2(CCN(c3ccc(C(=O)NS(=O)(=O)c4ccc(NC[C@H]5CC[C@](C)(O)CC5)c([N+](=O)[O-])c4)c(N4c5cc6cc[nH]c6nc5O[C@H]5COCC[C@@H]54)c3)CC2)C1. The Labute approximate surface area is 481 Å². The van der Waals surface area contributed by atoms with Crippen molar-refractivity contribution in [2.45, 2.75) is 158 Å². The molecule has 1 amide bonds. The first-order valence-electron chi connectivity index (χ1n) is 30.0. The minimum Gasteiger partial charge on any atom is -0.491 e. The van der Waals surface area contributed by atoms with Crippen LogP contribution in [0.4, 0.5) is 28.4 Å². The van der Waals surface area contributed by atoms with Crippen LogP contribution in [-0.2, 0) is 14.8 Å². The number of aliphatic hydroxyl groups is 2. The van der Waals surface area contributed by atoms with Crippen LogP contribution in [0.1, 0.15) is 133 Å². The number of ether oxygens (including phenoxy) is 3. The maximum Gasteiger partial charge on any atom is 0.293 e. The third-order valence-corrected chi connectivity index (χ3v) is 20.7. The van der Waals surface area contributed by atoms with Gasteiger partial charge in [-0.25, -0.2) is 13.1 Å². The average molecular weight is 1140 g/mol. The predicted molar refractivity (Wildman–Crippen MR) is 315 cm³/mol. The molecule has 19 nitrogen and oxygen atoms in total. The number of carbonyl (C=O) groups is 1. The largest absolute Gasteiger partial charge is 0.491 e. The maximum absolute atomic E-state index is 14.8. The van der Waals surface area contributed by atoms with Gasteiger partial charge in [-0.3, -0.25) is 24.7 Å². The number of nitrogens with one attached hydrogen (secondary N) is 3. The first kappa shape index (κ1) is 56.5. The number of H-pyrrole nitrogens is 1. The van der Waals surface area contributed by atoms with Gasteiger partial charge < -0.3 is 44.5 Å². The second kappa shape index (κ2) is 22.5. The number of nitrogens with zero attached hydrogens (tertiary/aromatic N) is 6. The van der Waals surface area contributed by atoms with Crippen LogP contribution in [0.15, 0.2) is 83.9 Å². The summed E-state index contributed by atoms with van der Waals surface area (Å²) in [7, 11) is -4.64. The summed E-state index contributed by atoms with van der Waals surface area (Å²) in [6.07, 6.45) is 12.8. The molecule has 3 saturated heterocycles. The van der Waals surface area contributed by atoms with E-state index in [2.05, 4.69) is 72.7 Å². The van der Waals surface area contributed by atoms with Crippen molar-refractivity contribution in [3.63, 3.8) is 0 Å². The molecule has 0 unspecified atom stereocenters. The summed E-state index contributed by atoms with van der Waals surface area (Å²) in [4.78, 5) is 44.2. The van der Waals surface area contributed by atoms with E-state index in [1.165, 1.54) is 17.7 Å². The molecule has 5 aromatic rings. The number of fused-ring (bicyclic) bond motifs is 3. The zero-order chi connectivity index (χ0) is 57.1. The second-order valence-corrected chi connectivity index (χ2v) is 27.5. The number of hydrogen-bond acceptors (Lipinski definition) is 16. The number of hydrogen-bond donors (Lipinski definition) is 5. The van der Waals surface area contributed by atoms with Crippen LogP contribution >= 0.6 is 0 Å². The number of sulfonamides is 1. The fraction of sp³-hybridized carbons (Fsp3) is 0.581. The number of piperidine rings is 1. The van der Waals surface area contributed by atoms with E-state index < -0.39 is 48.7 Å². The van der Waals surface area contributed by atoms with Crippen molar-refractivity contribution in [3.8, 4) is 11.6 Å². The average Bonchev–Trinajstić information content (AvgIpc) is 3.95. The van der Waals surface area contributed by atoms with Crippen LogP contribution < -0.4 is 29.3 Å². The van der Waals surface area contributed by atoms with Crippen LogP contribution in [0, 0.1) is 27.4 Å². The molecule has 5 N–H and O–H groups in total. The van der Waals surface area contributed by atoms with Crippen molar-refractivity contribution < 1.29 is 42.6 Å². The van der Waals surface area contributed by atoms with E-state index in [1.807, 2.05) is 44.3 Å². The summed E-state index contributed by atoms with van der Waals surface area (Å²) < 4.78 is 49.9. The molecule has 2 aromatic heterocycles. The van der Waals surface area contributed by atoms with Crippen LogP contribution in [-0.4, -0.2) is 144 Å². The minimum atomic E-state index is -4.64. The van der Waals surface area contributed by atoms with Gasteiger partial charge in [0.1, 0.15) is 28.9 Å². The number of nitro groups is 1. The minimum absolute atomic E-state index is 0.0573. The lowest BCUT2D eigenvalue weighted by molar-refractivity contribution is -0.384. The van der Waals surface area contributed by atoms with E-state index in [4.69, 9.17) is 19.2 Å². The number of pyridine rings is 1. The number of aromatic nitrogens is 2. The summed E-state index contributed by atoms with van der Waals surface area (Å²) in [5.41, 5.74) is 2.71. The van der Waals surface area contributed by atoms with E-state index in [1.54, 1.807) is 6.07 Å². The van der Waals surface area contributed by atoms with Crippen molar-refractivity contribution in [3.05, 3.63) is 100 Å². The number of anilines is 4. The van der Waals surface area contributed by atoms with Gasteiger partial charge in [0.25, 0.3) is 21.6 Å². The number of para-hydroxylation sites is 1. The van der Waals surface area contributed by atoms with E-state index >= 15 is 0 Å². The van der Waals surface area contributed by atoms with E-state index in [9.17, 15) is 33.5 Å². The molecule has 440 valence electrons. The molecule has 0 radical (unpaired) electrons. The Hall–Kier alpha value is -6.03. The van der Waals surface area contributed by atoms with Gasteiger partial charge in [0.05, 0.1) is 57.1 Å². The summed E-state index contributed by atoms with van der Waals surface area (Å²) in [5, 5.41) is 37.6. The lowest BCUT2D eigenvalue weighted by Crippen LogP contribution is -2.60. The van der Waals surface area contributed by atoms with Crippen molar-refractivity contribution in [1.29, 1.82) is 0 Å². The number of carbonyl (C=O) groups excluding carboxylic acids is 1. The van der Waals surface area contributed by atoms with Gasteiger partial charge >= 0.3 is 0 Å². The number of nitro benzene ring substituents is 1. The molecule has 7 aliphatic rings. The summed E-state index contributed by atoms with van der Waals surface area (Å²) in [6.45, 7) is 14.8. The van der Waals surface area contributed by atoms with E-state index in [0.717, 1.165) is 126 Å². The van der Waals surface area contributed by atoms with Crippen LogP contribution in [0.3, 0.4) is 0 Å². The summed E-state index contributed by atoms with van der Waals surface area (Å²) in [6, 6.07) is 22.1. The Balaban J connectivity index is 0.792. The van der Waals surface area contributed by atoms with Crippen molar-refractivity contribution in [2.24, 2.45) is 17.3 Å². The number of rotatable bonds is 15. The molecule has 82 heavy (non-hydrogen) atoms. The smallest absolute Gasteiger partial charge is 0.293 e. The number of piperazine rings is 1. The third-order valence-electron chi connectivity index (χ3n) is 19.4. The Bertz CT molecular complexity index is 3260. The molecule has 3 saturated carbocycles. The molecule has 1 spiro atoms. The van der Waals surface area contributed by atoms with Crippen molar-refractivity contribution in [1.82, 2.24) is 24.5 Å². The molecule has 6 heterocycles. The molecule has 3 atom stereocenters. The fourth-order valence-corrected chi connectivity index (χ4v) is 15.5. The van der Waals surface area contributed by atoms with E-state index in [-0.39, 0.29) is 40.8 Å². The zero-order valence-electron chi connectivity index (χ0n) is 47.9. The first-order chi connectivity index (χ1) is 39.3. The Morgan fingerprint density at radius 2 is 1.62 bits per heavy atom. The lowest BCUT2D eigenvalue weighted by atomic mass is 9.59. The van der Waals surface area contributed by atoms with E-state index in [0.29, 0.717) is 73.9 Å². The van der Waals surface area contributed by atoms with Gasteiger partial charge in [0.2, 0.25) is 5.88 Å². The van der Waals surface area contributed by atoms with Gasteiger partial charge in [-0.2, -0.15) is 4.98 Å². The predicted octanol–water partition coefficient (Wildman–Crippen LogP) is 9.47.